The summed E-state index contributed by atoms with van der Waals surface area (Å²) < 4.78 is 11.3. The molecule has 1 aromatic carbocycles. The second kappa shape index (κ2) is 6.52. The van der Waals surface area contributed by atoms with Crippen LogP contribution in [0, 0.1) is 11.3 Å². The zero-order valence-corrected chi connectivity index (χ0v) is 12.5. The number of benzene rings is 1. The van der Waals surface area contributed by atoms with Gasteiger partial charge in [-0.15, -0.1) is 0 Å². The SMILES string of the molecule is N#CC(c1cc(Cl)c2c(c1)OCCCO2)N1CCNCC1. The van der Waals surface area contributed by atoms with Gasteiger partial charge in [0.05, 0.1) is 24.3 Å². The van der Waals surface area contributed by atoms with E-state index in [2.05, 4.69) is 16.3 Å². The molecule has 1 N–H and O–H groups in total. The minimum absolute atomic E-state index is 0.304. The molecule has 0 radical (unpaired) electrons. The van der Waals surface area contributed by atoms with E-state index < -0.39 is 0 Å². The summed E-state index contributed by atoms with van der Waals surface area (Å²) >= 11 is 6.31. The van der Waals surface area contributed by atoms with Crippen LogP contribution in [0.5, 0.6) is 11.5 Å². The van der Waals surface area contributed by atoms with Crippen LogP contribution in [0.2, 0.25) is 5.02 Å². The fourth-order valence-electron chi connectivity index (χ4n) is 2.72. The number of piperazine rings is 1. The highest BCUT2D eigenvalue weighted by Crippen LogP contribution is 2.40. The second-order valence-corrected chi connectivity index (χ2v) is 5.61. The lowest BCUT2D eigenvalue weighted by Gasteiger charge is -2.31. The Morgan fingerprint density at radius 1 is 1.24 bits per heavy atom. The zero-order chi connectivity index (χ0) is 14.7. The second-order valence-electron chi connectivity index (χ2n) is 5.20. The van der Waals surface area contributed by atoms with Gasteiger partial charge in [0.1, 0.15) is 6.04 Å². The van der Waals surface area contributed by atoms with E-state index in [9.17, 15) is 5.26 Å². The summed E-state index contributed by atoms with van der Waals surface area (Å²) in [6.07, 6.45) is 0.833. The molecular weight excluding hydrogens is 290 g/mol. The Kier molecular flexibility index (Phi) is 4.49. The fourth-order valence-corrected chi connectivity index (χ4v) is 2.99. The Morgan fingerprint density at radius 2 is 2.00 bits per heavy atom. The third-order valence-corrected chi connectivity index (χ3v) is 4.06. The van der Waals surface area contributed by atoms with E-state index in [4.69, 9.17) is 21.1 Å². The highest BCUT2D eigenvalue weighted by Gasteiger charge is 2.25. The van der Waals surface area contributed by atoms with Gasteiger partial charge >= 0.3 is 0 Å². The van der Waals surface area contributed by atoms with E-state index >= 15 is 0 Å². The third kappa shape index (κ3) is 3.08. The number of ether oxygens (including phenoxy) is 2. The topological polar surface area (TPSA) is 57.5 Å². The Balaban J connectivity index is 1.92. The van der Waals surface area contributed by atoms with Gasteiger partial charge in [0.15, 0.2) is 11.5 Å². The van der Waals surface area contributed by atoms with Gasteiger partial charge in [-0.05, 0) is 17.7 Å². The van der Waals surface area contributed by atoms with Crippen molar-refractivity contribution in [3.05, 3.63) is 22.7 Å². The van der Waals surface area contributed by atoms with Gasteiger partial charge in [-0.25, -0.2) is 0 Å². The minimum Gasteiger partial charge on any atom is -0.489 e. The highest BCUT2D eigenvalue weighted by atomic mass is 35.5. The Bertz CT molecular complexity index is 553. The molecule has 5 nitrogen and oxygen atoms in total. The lowest BCUT2D eigenvalue weighted by molar-refractivity contribution is 0.207. The Hall–Kier alpha value is -1.48. The van der Waals surface area contributed by atoms with Gasteiger partial charge in [0, 0.05) is 32.6 Å². The minimum atomic E-state index is -0.304. The standard InChI is InChI=1S/C15H18ClN3O2/c16-12-8-11(9-14-15(12)21-7-1-6-20-14)13(10-17)19-4-2-18-3-5-19/h8-9,13,18H,1-7H2. The average Bonchev–Trinajstić information content (AvgIpc) is 2.75. The van der Waals surface area contributed by atoms with Crippen molar-refractivity contribution in [3.63, 3.8) is 0 Å². The van der Waals surface area contributed by atoms with Crippen LogP contribution in [0.15, 0.2) is 12.1 Å². The quantitative estimate of drug-likeness (QED) is 0.905. The number of nitrogens with zero attached hydrogens (tertiary/aromatic N) is 2. The molecule has 0 amide bonds. The summed E-state index contributed by atoms with van der Waals surface area (Å²) in [4.78, 5) is 2.16. The number of hydrogen-bond acceptors (Lipinski definition) is 5. The number of nitriles is 1. The molecule has 1 saturated heterocycles. The normalized spacial score (nSPS) is 20.4. The van der Waals surface area contributed by atoms with Crippen molar-refractivity contribution < 1.29 is 9.47 Å². The lowest BCUT2D eigenvalue weighted by Crippen LogP contribution is -2.44. The van der Waals surface area contributed by atoms with Gasteiger partial charge in [-0.2, -0.15) is 5.26 Å². The maximum absolute atomic E-state index is 9.56. The summed E-state index contributed by atoms with van der Waals surface area (Å²) in [5.41, 5.74) is 0.869. The maximum Gasteiger partial charge on any atom is 0.179 e. The predicted molar refractivity (Wildman–Crippen MR) is 79.9 cm³/mol. The molecule has 2 aliphatic heterocycles. The zero-order valence-electron chi connectivity index (χ0n) is 11.8. The largest absolute Gasteiger partial charge is 0.489 e. The van der Waals surface area contributed by atoms with Crippen LogP contribution in [0.1, 0.15) is 18.0 Å². The predicted octanol–water partition coefficient (Wildman–Crippen LogP) is 1.97. The van der Waals surface area contributed by atoms with E-state index in [1.54, 1.807) is 0 Å². The van der Waals surface area contributed by atoms with Crippen molar-refractivity contribution in [2.24, 2.45) is 0 Å². The molecule has 0 saturated carbocycles. The van der Waals surface area contributed by atoms with Gasteiger partial charge in [-0.1, -0.05) is 11.6 Å². The van der Waals surface area contributed by atoms with E-state index in [1.165, 1.54) is 0 Å². The number of halogens is 1. The molecule has 0 aliphatic carbocycles. The monoisotopic (exact) mass is 307 g/mol. The van der Waals surface area contributed by atoms with E-state index in [1.807, 2.05) is 12.1 Å². The number of fused-ring (bicyclic) bond motifs is 1. The van der Waals surface area contributed by atoms with Gasteiger partial charge in [0.25, 0.3) is 0 Å². The molecule has 2 heterocycles. The molecule has 6 heteroatoms. The van der Waals surface area contributed by atoms with Crippen LogP contribution in [0.25, 0.3) is 0 Å². The molecule has 2 aliphatic rings. The van der Waals surface area contributed by atoms with E-state index in [-0.39, 0.29) is 6.04 Å². The third-order valence-electron chi connectivity index (χ3n) is 3.78. The molecular formula is C15H18ClN3O2. The van der Waals surface area contributed by atoms with Crippen molar-refractivity contribution in [3.8, 4) is 17.6 Å². The highest BCUT2D eigenvalue weighted by molar-refractivity contribution is 6.32. The summed E-state index contributed by atoms with van der Waals surface area (Å²) in [6, 6.07) is 5.79. The van der Waals surface area contributed by atoms with Crippen LogP contribution < -0.4 is 14.8 Å². The molecule has 21 heavy (non-hydrogen) atoms. The van der Waals surface area contributed by atoms with Crippen LogP contribution in [-0.4, -0.2) is 44.3 Å². The molecule has 0 spiro atoms. The molecule has 3 rings (SSSR count). The molecule has 0 bridgehead atoms. The van der Waals surface area contributed by atoms with Crippen molar-refractivity contribution in [1.29, 1.82) is 5.26 Å². The first kappa shape index (κ1) is 14.5. The Morgan fingerprint density at radius 3 is 2.76 bits per heavy atom. The Labute approximate surface area is 129 Å². The summed E-state index contributed by atoms with van der Waals surface area (Å²) in [7, 11) is 0. The number of hydrogen-bond donors (Lipinski definition) is 1. The smallest absolute Gasteiger partial charge is 0.179 e. The fraction of sp³-hybridized carbons (Fsp3) is 0.533. The first-order valence-corrected chi connectivity index (χ1v) is 7.61. The van der Waals surface area contributed by atoms with Gasteiger partial charge in [0.2, 0.25) is 0 Å². The number of rotatable bonds is 2. The van der Waals surface area contributed by atoms with Crippen molar-refractivity contribution in [2.75, 3.05) is 39.4 Å². The molecule has 1 fully saturated rings. The first-order valence-electron chi connectivity index (χ1n) is 7.23. The molecule has 1 aromatic rings. The van der Waals surface area contributed by atoms with Crippen LogP contribution in [0.4, 0.5) is 0 Å². The number of nitrogens with one attached hydrogen (secondary N) is 1. The lowest BCUT2D eigenvalue weighted by atomic mass is 10.0. The first-order chi connectivity index (χ1) is 10.3. The van der Waals surface area contributed by atoms with Crippen LogP contribution in [0.3, 0.4) is 0 Å². The maximum atomic E-state index is 9.56. The average molecular weight is 308 g/mol. The summed E-state index contributed by atoms with van der Waals surface area (Å²) in [5.74, 6) is 1.24. The molecule has 112 valence electrons. The van der Waals surface area contributed by atoms with Gasteiger partial charge in [-0.3, -0.25) is 4.90 Å². The van der Waals surface area contributed by atoms with Crippen LogP contribution >= 0.6 is 11.6 Å². The summed E-state index contributed by atoms with van der Waals surface area (Å²) in [5, 5.41) is 13.4. The molecule has 1 unspecified atom stereocenters. The van der Waals surface area contributed by atoms with Crippen molar-refractivity contribution in [2.45, 2.75) is 12.5 Å². The van der Waals surface area contributed by atoms with Crippen LogP contribution in [-0.2, 0) is 0 Å². The molecule has 0 aromatic heterocycles. The van der Waals surface area contributed by atoms with Gasteiger partial charge < -0.3 is 14.8 Å². The molecule has 1 atom stereocenters. The van der Waals surface area contributed by atoms with Crippen molar-refractivity contribution >= 4 is 11.6 Å². The van der Waals surface area contributed by atoms with Crippen molar-refractivity contribution in [1.82, 2.24) is 10.2 Å². The van der Waals surface area contributed by atoms with E-state index in [0.717, 1.165) is 38.2 Å². The summed E-state index contributed by atoms with van der Waals surface area (Å²) in [6.45, 7) is 4.71. The van der Waals surface area contributed by atoms with E-state index in [0.29, 0.717) is 29.7 Å².